The first-order valence-electron chi connectivity index (χ1n) is 7.48. The molecule has 1 unspecified atom stereocenters. The van der Waals surface area contributed by atoms with Crippen molar-refractivity contribution in [2.45, 2.75) is 39.8 Å². The number of aryl methyl sites for hydroxylation is 2. The molecule has 0 aromatic heterocycles. The zero-order valence-electron chi connectivity index (χ0n) is 13.9. The van der Waals surface area contributed by atoms with E-state index in [1.54, 1.807) is 0 Å². The third-order valence-corrected chi connectivity index (χ3v) is 3.57. The highest BCUT2D eigenvalue weighted by Crippen LogP contribution is 2.19. The predicted molar refractivity (Wildman–Crippen MR) is 86.3 cm³/mol. The van der Waals surface area contributed by atoms with Gasteiger partial charge in [0.1, 0.15) is 0 Å². The topological polar surface area (TPSA) is 24.5 Å². The molecule has 0 aliphatic heterocycles. The summed E-state index contributed by atoms with van der Waals surface area (Å²) in [7, 11) is 4.18. The third kappa shape index (κ3) is 5.61. The summed E-state index contributed by atoms with van der Waals surface area (Å²) >= 11 is 0. The van der Waals surface area contributed by atoms with E-state index in [1.807, 2.05) is 7.05 Å². The highest BCUT2D eigenvalue weighted by atomic mass is 16.5. The van der Waals surface area contributed by atoms with Crippen LogP contribution in [0.15, 0.2) is 18.2 Å². The van der Waals surface area contributed by atoms with Crippen LogP contribution in [0.25, 0.3) is 0 Å². The maximum atomic E-state index is 5.61. The fraction of sp³-hybridized carbons (Fsp3) is 0.647. The number of hydrogen-bond acceptors (Lipinski definition) is 3. The van der Waals surface area contributed by atoms with Crippen LogP contribution in [0.4, 0.5) is 0 Å². The molecular weight excluding hydrogens is 248 g/mol. The second kappa shape index (κ2) is 8.40. The van der Waals surface area contributed by atoms with Crippen LogP contribution in [-0.4, -0.2) is 44.8 Å². The Hall–Kier alpha value is -0.900. The molecule has 1 rings (SSSR count). The highest BCUT2D eigenvalue weighted by Gasteiger charge is 2.14. The molecule has 0 fully saturated rings. The number of benzene rings is 1. The zero-order chi connectivity index (χ0) is 15.1. The van der Waals surface area contributed by atoms with Crippen molar-refractivity contribution >= 4 is 0 Å². The number of rotatable bonds is 8. The van der Waals surface area contributed by atoms with Gasteiger partial charge in [-0.2, -0.15) is 0 Å². The van der Waals surface area contributed by atoms with Crippen LogP contribution < -0.4 is 5.32 Å². The lowest BCUT2D eigenvalue weighted by Gasteiger charge is -2.25. The molecule has 1 aromatic carbocycles. The minimum absolute atomic E-state index is 0.308. The van der Waals surface area contributed by atoms with Crippen molar-refractivity contribution in [1.29, 1.82) is 0 Å². The standard InChI is InChI=1S/C17H30N2O/c1-13(2)20-10-9-19(6)12-17(18-5)16-8-7-14(3)11-15(16)4/h7-8,11,13,17-18H,9-10,12H2,1-6H3. The summed E-state index contributed by atoms with van der Waals surface area (Å²) in [5.74, 6) is 0. The van der Waals surface area contributed by atoms with E-state index in [0.29, 0.717) is 12.1 Å². The molecule has 0 radical (unpaired) electrons. The van der Waals surface area contributed by atoms with Crippen LogP contribution in [0.5, 0.6) is 0 Å². The molecule has 3 nitrogen and oxygen atoms in total. The molecule has 114 valence electrons. The number of nitrogens with zero attached hydrogens (tertiary/aromatic N) is 1. The Morgan fingerprint density at radius 3 is 2.50 bits per heavy atom. The Kier molecular flexibility index (Phi) is 7.20. The number of ether oxygens (including phenoxy) is 1. The average Bonchev–Trinajstić information content (AvgIpc) is 2.36. The van der Waals surface area contributed by atoms with E-state index in [0.717, 1.165) is 19.7 Å². The van der Waals surface area contributed by atoms with Gasteiger partial charge in [-0.1, -0.05) is 23.8 Å². The Bertz CT molecular complexity index is 404. The SMILES string of the molecule is CNC(CN(C)CCOC(C)C)c1ccc(C)cc1C. The second-order valence-corrected chi connectivity index (χ2v) is 5.88. The first kappa shape index (κ1) is 17.2. The quantitative estimate of drug-likeness (QED) is 0.791. The van der Waals surface area contributed by atoms with Crippen molar-refractivity contribution < 1.29 is 4.74 Å². The zero-order valence-corrected chi connectivity index (χ0v) is 13.9. The van der Waals surface area contributed by atoms with Gasteiger partial charge in [0.15, 0.2) is 0 Å². The fourth-order valence-electron chi connectivity index (χ4n) is 2.41. The number of likely N-dealkylation sites (N-methyl/N-ethyl adjacent to an activating group) is 2. The highest BCUT2D eigenvalue weighted by molar-refractivity contribution is 5.33. The normalized spacial score (nSPS) is 13.2. The molecule has 1 N–H and O–H groups in total. The predicted octanol–water partition coefficient (Wildman–Crippen LogP) is 2.92. The van der Waals surface area contributed by atoms with E-state index < -0.39 is 0 Å². The fourth-order valence-corrected chi connectivity index (χ4v) is 2.41. The van der Waals surface area contributed by atoms with Crippen molar-refractivity contribution in [3.8, 4) is 0 Å². The molecule has 1 aromatic rings. The minimum Gasteiger partial charge on any atom is -0.377 e. The smallest absolute Gasteiger partial charge is 0.0596 e. The van der Waals surface area contributed by atoms with Gasteiger partial charge in [0.25, 0.3) is 0 Å². The van der Waals surface area contributed by atoms with Gasteiger partial charge in [-0.05, 0) is 52.9 Å². The van der Waals surface area contributed by atoms with Crippen molar-refractivity contribution in [3.63, 3.8) is 0 Å². The summed E-state index contributed by atoms with van der Waals surface area (Å²) in [5, 5.41) is 3.43. The molecular formula is C17H30N2O. The van der Waals surface area contributed by atoms with E-state index in [9.17, 15) is 0 Å². The Labute approximate surface area is 124 Å². The van der Waals surface area contributed by atoms with Crippen molar-refractivity contribution in [1.82, 2.24) is 10.2 Å². The van der Waals surface area contributed by atoms with Crippen molar-refractivity contribution in [2.24, 2.45) is 0 Å². The van der Waals surface area contributed by atoms with Crippen LogP contribution in [0.2, 0.25) is 0 Å². The van der Waals surface area contributed by atoms with E-state index >= 15 is 0 Å². The third-order valence-electron chi connectivity index (χ3n) is 3.57. The van der Waals surface area contributed by atoms with Crippen molar-refractivity contribution in [3.05, 3.63) is 34.9 Å². The lowest BCUT2D eigenvalue weighted by atomic mass is 9.99. The van der Waals surface area contributed by atoms with Gasteiger partial charge in [-0.25, -0.2) is 0 Å². The lowest BCUT2D eigenvalue weighted by molar-refractivity contribution is 0.0624. The van der Waals surface area contributed by atoms with Gasteiger partial charge in [-0.3, -0.25) is 0 Å². The number of hydrogen-bond donors (Lipinski definition) is 1. The van der Waals surface area contributed by atoms with Gasteiger partial charge >= 0.3 is 0 Å². The molecule has 0 spiro atoms. The maximum Gasteiger partial charge on any atom is 0.0596 e. The van der Waals surface area contributed by atoms with Gasteiger partial charge in [-0.15, -0.1) is 0 Å². The molecule has 0 saturated heterocycles. The summed E-state index contributed by atoms with van der Waals surface area (Å²) in [5.41, 5.74) is 4.06. The molecule has 0 heterocycles. The monoisotopic (exact) mass is 278 g/mol. The summed E-state index contributed by atoms with van der Waals surface area (Å²) < 4.78 is 5.61. The van der Waals surface area contributed by atoms with Crippen molar-refractivity contribution in [2.75, 3.05) is 33.8 Å². The average molecular weight is 278 g/mol. The van der Waals surface area contributed by atoms with Gasteiger partial charge < -0.3 is 15.0 Å². The first-order chi connectivity index (χ1) is 9.43. The van der Waals surface area contributed by atoms with Gasteiger partial charge in [0.05, 0.1) is 12.7 Å². The van der Waals surface area contributed by atoms with Crippen LogP contribution in [0, 0.1) is 13.8 Å². The van der Waals surface area contributed by atoms with Gasteiger partial charge in [0, 0.05) is 19.1 Å². The molecule has 0 amide bonds. The van der Waals surface area contributed by atoms with Crippen LogP contribution >= 0.6 is 0 Å². The molecule has 0 aliphatic rings. The Morgan fingerprint density at radius 2 is 1.95 bits per heavy atom. The number of nitrogens with one attached hydrogen (secondary N) is 1. The molecule has 1 atom stereocenters. The first-order valence-corrected chi connectivity index (χ1v) is 7.48. The van der Waals surface area contributed by atoms with E-state index in [4.69, 9.17) is 4.74 Å². The maximum absolute atomic E-state index is 5.61. The second-order valence-electron chi connectivity index (χ2n) is 5.88. The molecule has 0 aliphatic carbocycles. The Morgan fingerprint density at radius 1 is 1.25 bits per heavy atom. The van der Waals surface area contributed by atoms with Gasteiger partial charge in [0.2, 0.25) is 0 Å². The van der Waals surface area contributed by atoms with E-state index in [2.05, 4.69) is 63.2 Å². The molecule has 0 bridgehead atoms. The summed E-state index contributed by atoms with van der Waals surface area (Å²) in [6.07, 6.45) is 0.308. The summed E-state index contributed by atoms with van der Waals surface area (Å²) in [6.45, 7) is 11.2. The summed E-state index contributed by atoms with van der Waals surface area (Å²) in [4.78, 5) is 2.32. The summed E-state index contributed by atoms with van der Waals surface area (Å²) in [6, 6.07) is 7.04. The molecule has 3 heteroatoms. The molecule has 20 heavy (non-hydrogen) atoms. The van der Waals surface area contributed by atoms with Crippen LogP contribution in [0.3, 0.4) is 0 Å². The van der Waals surface area contributed by atoms with Crippen LogP contribution in [0.1, 0.15) is 36.6 Å². The largest absolute Gasteiger partial charge is 0.377 e. The Balaban J connectivity index is 2.58. The minimum atomic E-state index is 0.308. The lowest BCUT2D eigenvalue weighted by Crippen LogP contribution is -2.34. The van der Waals surface area contributed by atoms with Crippen LogP contribution in [-0.2, 0) is 4.74 Å². The molecule has 0 saturated carbocycles. The van der Waals surface area contributed by atoms with E-state index in [1.165, 1.54) is 16.7 Å². The van der Waals surface area contributed by atoms with E-state index in [-0.39, 0.29) is 0 Å².